The van der Waals surface area contributed by atoms with Crippen molar-refractivity contribution < 1.29 is 9.13 Å². The molecule has 2 aromatic carbocycles. The molecule has 2 heterocycles. The van der Waals surface area contributed by atoms with Crippen LogP contribution < -0.4 is 4.74 Å². The van der Waals surface area contributed by atoms with Gasteiger partial charge in [-0.25, -0.2) is 4.39 Å². The van der Waals surface area contributed by atoms with Gasteiger partial charge in [-0.2, -0.15) is 0 Å². The highest BCUT2D eigenvalue weighted by Crippen LogP contribution is 2.24. The number of likely N-dealkylation sites (tertiary alicyclic amines) is 1. The molecule has 0 spiro atoms. The molecule has 1 aliphatic heterocycles. The molecule has 0 saturated carbocycles. The number of nitrogens with zero attached hydrogens (tertiary/aromatic N) is 2. The van der Waals surface area contributed by atoms with Crippen LogP contribution in [-0.4, -0.2) is 29.1 Å². The topological polar surface area (TPSA) is 25.4 Å². The Kier molecular flexibility index (Phi) is 4.61. The highest BCUT2D eigenvalue weighted by molar-refractivity contribution is 5.82. The van der Waals surface area contributed by atoms with Crippen molar-refractivity contribution in [2.45, 2.75) is 25.5 Å². The van der Waals surface area contributed by atoms with Gasteiger partial charge in [-0.15, -0.1) is 0 Å². The lowest BCUT2D eigenvalue weighted by Gasteiger charge is -2.32. The third kappa shape index (κ3) is 3.97. The van der Waals surface area contributed by atoms with Crippen molar-refractivity contribution in [2.75, 3.05) is 13.1 Å². The van der Waals surface area contributed by atoms with Gasteiger partial charge in [0, 0.05) is 37.4 Å². The molecule has 0 aliphatic carbocycles. The van der Waals surface area contributed by atoms with Gasteiger partial charge in [0.15, 0.2) is 0 Å². The fourth-order valence-electron chi connectivity index (χ4n) is 3.41. The third-order valence-corrected chi connectivity index (χ3v) is 4.74. The van der Waals surface area contributed by atoms with E-state index in [0.29, 0.717) is 0 Å². The molecule has 0 unspecified atom stereocenters. The number of rotatable bonds is 4. The molecule has 1 saturated heterocycles. The van der Waals surface area contributed by atoms with Crippen LogP contribution in [0.3, 0.4) is 0 Å². The molecule has 1 aliphatic rings. The van der Waals surface area contributed by atoms with E-state index >= 15 is 0 Å². The first kappa shape index (κ1) is 16.0. The Balaban J connectivity index is 1.33. The number of halogens is 1. The lowest BCUT2D eigenvalue weighted by atomic mass is 10.1. The normalized spacial score (nSPS) is 16.2. The molecular weight excluding hydrogens is 315 g/mol. The van der Waals surface area contributed by atoms with Gasteiger partial charge >= 0.3 is 0 Å². The van der Waals surface area contributed by atoms with Gasteiger partial charge in [0.05, 0.1) is 0 Å². The van der Waals surface area contributed by atoms with Gasteiger partial charge in [-0.1, -0.05) is 12.1 Å². The van der Waals surface area contributed by atoms with Crippen molar-refractivity contribution in [1.29, 1.82) is 0 Å². The summed E-state index contributed by atoms with van der Waals surface area (Å²) in [6.45, 7) is 2.74. The Labute approximate surface area is 147 Å². The van der Waals surface area contributed by atoms with Gasteiger partial charge in [0.25, 0.3) is 0 Å². The Morgan fingerprint density at radius 1 is 1.04 bits per heavy atom. The van der Waals surface area contributed by atoms with Crippen molar-refractivity contribution in [1.82, 2.24) is 9.88 Å². The van der Waals surface area contributed by atoms with Crippen LogP contribution >= 0.6 is 0 Å². The van der Waals surface area contributed by atoms with E-state index in [2.05, 4.69) is 22.0 Å². The molecule has 1 fully saturated rings. The molecule has 4 heteroatoms. The lowest BCUT2D eigenvalue weighted by Crippen LogP contribution is -2.37. The average Bonchev–Trinajstić information content (AvgIpc) is 2.63. The number of ether oxygens (including phenoxy) is 1. The van der Waals surface area contributed by atoms with E-state index in [4.69, 9.17) is 4.74 Å². The molecule has 0 bridgehead atoms. The van der Waals surface area contributed by atoms with Gasteiger partial charge in [0.1, 0.15) is 17.7 Å². The van der Waals surface area contributed by atoms with Crippen molar-refractivity contribution >= 4 is 10.8 Å². The number of hydrogen-bond donors (Lipinski definition) is 0. The monoisotopic (exact) mass is 336 g/mol. The second-order valence-corrected chi connectivity index (χ2v) is 6.61. The van der Waals surface area contributed by atoms with Crippen molar-refractivity contribution in [2.24, 2.45) is 0 Å². The summed E-state index contributed by atoms with van der Waals surface area (Å²) in [7, 11) is 0. The molecule has 4 rings (SSSR count). The summed E-state index contributed by atoms with van der Waals surface area (Å²) in [6.07, 6.45) is 5.89. The Bertz CT molecular complexity index is 859. The summed E-state index contributed by atoms with van der Waals surface area (Å²) >= 11 is 0. The fraction of sp³-hybridized carbons (Fsp3) is 0.286. The van der Waals surface area contributed by atoms with E-state index in [1.54, 1.807) is 18.3 Å². The van der Waals surface area contributed by atoms with Crippen molar-refractivity contribution in [3.8, 4) is 5.75 Å². The van der Waals surface area contributed by atoms with Gasteiger partial charge in [-0.05, 0) is 60.2 Å². The standard InChI is InChI=1S/C21H21FN2O/c22-19-3-1-2-16(12-19)15-24-10-7-20(8-11-24)25-21-5-4-18-14-23-9-6-17(18)13-21/h1-6,9,12-14,20H,7-8,10-11,15H2. The molecule has 3 aromatic rings. The van der Waals surface area contributed by atoms with Crippen LogP contribution in [0.15, 0.2) is 60.9 Å². The zero-order valence-corrected chi connectivity index (χ0v) is 14.1. The number of aromatic nitrogens is 1. The highest BCUT2D eigenvalue weighted by Gasteiger charge is 2.20. The first-order valence-electron chi connectivity index (χ1n) is 8.73. The molecular formula is C21H21FN2O. The number of piperidine rings is 1. The van der Waals surface area contributed by atoms with Crippen LogP contribution in [0.4, 0.5) is 4.39 Å². The molecule has 3 nitrogen and oxygen atoms in total. The Hall–Kier alpha value is -2.46. The number of hydrogen-bond acceptors (Lipinski definition) is 3. The molecule has 0 N–H and O–H groups in total. The van der Waals surface area contributed by atoms with E-state index in [1.807, 2.05) is 24.4 Å². The van der Waals surface area contributed by atoms with Crippen LogP contribution in [-0.2, 0) is 6.54 Å². The zero-order chi connectivity index (χ0) is 17.1. The highest BCUT2D eigenvalue weighted by atomic mass is 19.1. The van der Waals surface area contributed by atoms with Crippen LogP contribution in [0, 0.1) is 5.82 Å². The van der Waals surface area contributed by atoms with E-state index in [-0.39, 0.29) is 11.9 Å². The minimum absolute atomic E-state index is 0.165. The molecule has 1 aromatic heterocycles. The summed E-state index contributed by atoms with van der Waals surface area (Å²) in [5.41, 5.74) is 1.03. The lowest BCUT2D eigenvalue weighted by molar-refractivity contribution is 0.0969. The average molecular weight is 336 g/mol. The van der Waals surface area contributed by atoms with Crippen LogP contribution in [0.5, 0.6) is 5.75 Å². The zero-order valence-electron chi connectivity index (χ0n) is 14.1. The minimum Gasteiger partial charge on any atom is -0.490 e. The van der Waals surface area contributed by atoms with Gasteiger partial charge in [0.2, 0.25) is 0 Å². The van der Waals surface area contributed by atoms with E-state index < -0.39 is 0 Å². The predicted octanol–water partition coefficient (Wildman–Crippen LogP) is 4.42. The molecule has 0 radical (unpaired) electrons. The van der Waals surface area contributed by atoms with E-state index in [1.165, 1.54) is 6.07 Å². The van der Waals surface area contributed by atoms with Gasteiger partial charge in [-0.3, -0.25) is 9.88 Å². The first-order chi connectivity index (χ1) is 12.3. The SMILES string of the molecule is Fc1cccc(CN2CCC(Oc3ccc4cnccc4c3)CC2)c1. The van der Waals surface area contributed by atoms with E-state index in [9.17, 15) is 4.39 Å². The second kappa shape index (κ2) is 7.19. The molecule has 25 heavy (non-hydrogen) atoms. The Morgan fingerprint density at radius 2 is 1.92 bits per heavy atom. The van der Waals surface area contributed by atoms with Crippen LogP contribution in [0.2, 0.25) is 0 Å². The minimum atomic E-state index is -0.165. The predicted molar refractivity (Wildman–Crippen MR) is 97.1 cm³/mol. The summed E-state index contributed by atoms with van der Waals surface area (Å²) < 4.78 is 19.5. The maximum atomic E-state index is 13.3. The summed E-state index contributed by atoms with van der Waals surface area (Å²) in [4.78, 5) is 6.50. The van der Waals surface area contributed by atoms with Crippen molar-refractivity contribution in [3.63, 3.8) is 0 Å². The maximum Gasteiger partial charge on any atom is 0.123 e. The van der Waals surface area contributed by atoms with Crippen LogP contribution in [0.25, 0.3) is 10.8 Å². The quantitative estimate of drug-likeness (QED) is 0.705. The van der Waals surface area contributed by atoms with E-state index in [0.717, 1.165) is 54.6 Å². The first-order valence-corrected chi connectivity index (χ1v) is 8.73. The number of pyridine rings is 1. The third-order valence-electron chi connectivity index (χ3n) is 4.74. The largest absolute Gasteiger partial charge is 0.490 e. The van der Waals surface area contributed by atoms with Crippen LogP contribution in [0.1, 0.15) is 18.4 Å². The van der Waals surface area contributed by atoms with Gasteiger partial charge < -0.3 is 4.74 Å². The number of benzene rings is 2. The number of fused-ring (bicyclic) bond motifs is 1. The molecule has 0 amide bonds. The second-order valence-electron chi connectivity index (χ2n) is 6.61. The summed E-state index contributed by atoms with van der Waals surface area (Å²) in [5, 5.41) is 2.27. The maximum absolute atomic E-state index is 13.3. The summed E-state index contributed by atoms with van der Waals surface area (Å²) in [5.74, 6) is 0.754. The smallest absolute Gasteiger partial charge is 0.123 e. The van der Waals surface area contributed by atoms with Crippen molar-refractivity contribution in [3.05, 3.63) is 72.3 Å². The Morgan fingerprint density at radius 3 is 2.76 bits per heavy atom. The fourth-order valence-corrected chi connectivity index (χ4v) is 3.41. The summed E-state index contributed by atoms with van der Waals surface area (Å²) in [6, 6.07) is 15.0. The molecule has 0 atom stereocenters. The molecule has 128 valence electrons.